The lowest BCUT2D eigenvalue weighted by Crippen LogP contribution is -2.45. The molecule has 2 unspecified atom stereocenters. The molecule has 1 rings (SSSR count). The Morgan fingerprint density at radius 1 is 1.39 bits per heavy atom. The Kier molecular flexibility index (Phi) is 5.89. The molecule has 2 atom stereocenters. The molecule has 4 nitrogen and oxygen atoms in total. The maximum atomic E-state index is 11.6. The van der Waals surface area contributed by atoms with Crippen molar-refractivity contribution >= 4 is 17.6 Å². The first kappa shape index (κ1) is 15.7. The summed E-state index contributed by atoms with van der Waals surface area (Å²) in [4.78, 5) is 11.6. The lowest BCUT2D eigenvalue weighted by Gasteiger charge is -2.40. The summed E-state index contributed by atoms with van der Waals surface area (Å²) in [5, 5.41) is 0. The predicted molar refractivity (Wildman–Crippen MR) is 69.6 cm³/mol. The maximum Gasteiger partial charge on any atom is 0.308 e. The van der Waals surface area contributed by atoms with Gasteiger partial charge >= 0.3 is 5.97 Å². The monoisotopic (exact) mass is 278 g/mol. The Morgan fingerprint density at radius 2 is 2.00 bits per heavy atom. The van der Waals surface area contributed by atoms with Crippen LogP contribution >= 0.6 is 11.6 Å². The molecule has 0 amide bonds. The summed E-state index contributed by atoms with van der Waals surface area (Å²) < 4.78 is 16.6. The first-order chi connectivity index (χ1) is 8.32. The molecule has 1 heterocycles. The van der Waals surface area contributed by atoms with Crippen molar-refractivity contribution < 1.29 is 19.0 Å². The minimum Gasteiger partial charge on any atom is -0.463 e. The van der Waals surface area contributed by atoms with Crippen LogP contribution in [-0.4, -0.2) is 35.9 Å². The maximum absolute atomic E-state index is 11.6. The van der Waals surface area contributed by atoms with Gasteiger partial charge in [-0.2, -0.15) is 0 Å². The molecule has 1 aliphatic rings. The highest BCUT2D eigenvalue weighted by atomic mass is 35.5. The zero-order valence-corrected chi connectivity index (χ0v) is 12.3. The first-order valence-corrected chi connectivity index (χ1v) is 6.97. The van der Waals surface area contributed by atoms with E-state index in [2.05, 4.69) is 0 Å². The third-order valence-electron chi connectivity index (χ3n) is 2.62. The summed E-state index contributed by atoms with van der Waals surface area (Å²) >= 11 is 5.74. The van der Waals surface area contributed by atoms with Crippen LogP contribution in [0.5, 0.6) is 0 Å². The van der Waals surface area contributed by atoms with E-state index in [-0.39, 0.29) is 30.7 Å². The Balaban J connectivity index is 2.51. The van der Waals surface area contributed by atoms with Crippen molar-refractivity contribution in [2.24, 2.45) is 0 Å². The Morgan fingerprint density at radius 3 is 2.56 bits per heavy atom. The van der Waals surface area contributed by atoms with Gasteiger partial charge in [-0.15, -0.1) is 11.6 Å². The lowest BCUT2D eigenvalue weighted by molar-refractivity contribution is -0.299. The van der Waals surface area contributed by atoms with Crippen LogP contribution in [-0.2, 0) is 19.0 Å². The van der Waals surface area contributed by atoms with Gasteiger partial charge in [0.05, 0.1) is 24.7 Å². The molecule has 0 saturated carbocycles. The third kappa shape index (κ3) is 5.55. The van der Waals surface area contributed by atoms with E-state index in [9.17, 15) is 4.79 Å². The van der Waals surface area contributed by atoms with Gasteiger partial charge in [0.1, 0.15) is 0 Å². The largest absolute Gasteiger partial charge is 0.463 e. The summed E-state index contributed by atoms with van der Waals surface area (Å²) in [7, 11) is 0. The lowest BCUT2D eigenvalue weighted by atomic mass is 10.0. The summed E-state index contributed by atoms with van der Waals surface area (Å²) in [6.07, 6.45) is 1.51. The molecule has 18 heavy (non-hydrogen) atoms. The van der Waals surface area contributed by atoms with E-state index in [4.69, 9.17) is 25.8 Å². The summed E-state index contributed by atoms with van der Waals surface area (Å²) in [5.41, 5.74) is 0. The van der Waals surface area contributed by atoms with E-state index in [1.54, 1.807) is 0 Å². The topological polar surface area (TPSA) is 44.8 Å². The van der Waals surface area contributed by atoms with Crippen molar-refractivity contribution in [3.05, 3.63) is 0 Å². The number of esters is 1. The molecule has 0 radical (unpaired) electrons. The molecule has 1 fully saturated rings. The highest BCUT2D eigenvalue weighted by Crippen LogP contribution is 2.30. The van der Waals surface area contributed by atoms with E-state index in [1.165, 1.54) is 0 Å². The molecule has 0 bridgehead atoms. The van der Waals surface area contributed by atoms with Crippen LogP contribution in [0.3, 0.4) is 0 Å². The van der Waals surface area contributed by atoms with E-state index < -0.39 is 5.79 Å². The SMILES string of the molecule is CC(C)OC(=O)CC1CC(CCCl)OC(C)(C)O1. The number of rotatable bonds is 5. The van der Waals surface area contributed by atoms with E-state index in [0.29, 0.717) is 12.3 Å². The van der Waals surface area contributed by atoms with Gasteiger partial charge < -0.3 is 14.2 Å². The van der Waals surface area contributed by atoms with Crippen molar-refractivity contribution in [1.29, 1.82) is 0 Å². The highest BCUT2D eigenvalue weighted by Gasteiger charge is 2.36. The Hall–Kier alpha value is -0.320. The fourth-order valence-electron chi connectivity index (χ4n) is 2.14. The molecule has 0 N–H and O–H groups in total. The van der Waals surface area contributed by atoms with Crippen LogP contribution in [0, 0.1) is 0 Å². The minimum absolute atomic E-state index is 0.0445. The van der Waals surface area contributed by atoms with Crippen LogP contribution in [0.15, 0.2) is 0 Å². The average molecular weight is 279 g/mol. The van der Waals surface area contributed by atoms with Gasteiger partial charge in [-0.05, 0) is 34.1 Å². The molecular formula is C13H23ClO4. The smallest absolute Gasteiger partial charge is 0.308 e. The summed E-state index contributed by atoms with van der Waals surface area (Å²) in [5.74, 6) is -0.348. The number of carbonyl (C=O) groups excluding carboxylic acids is 1. The molecule has 1 saturated heterocycles. The Bertz CT molecular complexity index is 278. The first-order valence-electron chi connectivity index (χ1n) is 6.43. The number of ether oxygens (including phenoxy) is 3. The zero-order chi connectivity index (χ0) is 13.8. The third-order valence-corrected chi connectivity index (χ3v) is 2.84. The van der Waals surface area contributed by atoms with Gasteiger partial charge in [0.15, 0.2) is 5.79 Å². The fourth-order valence-corrected chi connectivity index (χ4v) is 2.38. The zero-order valence-electron chi connectivity index (χ0n) is 11.6. The molecule has 5 heteroatoms. The number of hydrogen-bond acceptors (Lipinski definition) is 4. The van der Waals surface area contributed by atoms with Crippen molar-refractivity contribution in [2.75, 3.05) is 5.88 Å². The van der Waals surface area contributed by atoms with E-state index in [0.717, 1.165) is 6.42 Å². The van der Waals surface area contributed by atoms with Gasteiger partial charge in [0.25, 0.3) is 0 Å². The van der Waals surface area contributed by atoms with Gasteiger partial charge in [0, 0.05) is 12.3 Å². The van der Waals surface area contributed by atoms with Crippen molar-refractivity contribution in [1.82, 2.24) is 0 Å². The van der Waals surface area contributed by atoms with Gasteiger partial charge in [-0.1, -0.05) is 0 Å². The normalized spacial score (nSPS) is 27.2. The number of hydrogen-bond donors (Lipinski definition) is 0. The van der Waals surface area contributed by atoms with E-state index >= 15 is 0 Å². The minimum atomic E-state index is -0.669. The molecule has 1 aliphatic heterocycles. The second-order valence-corrected chi connectivity index (χ2v) is 5.71. The summed E-state index contributed by atoms with van der Waals surface area (Å²) in [6, 6.07) is 0. The average Bonchev–Trinajstić information content (AvgIpc) is 2.12. The number of halogens is 1. The van der Waals surface area contributed by atoms with Crippen LogP contribution in [0.2, 0.25) is 0 Å². The van der Waals surface area contributed by atoms with Crippen molar-refractivity contribution in [2.45, 2.75) is 71.1 Å². The van der Waals surface area contributed by atoms with Gasteiger partial charge in [0.2, 0.25) is 0 Å². The van der Waals surface area contributed by atoms with Crippen LogP contribution in [0.4, 0.5) is 0 Å². The van der Waals surface area contributed by atoms with Crippen LogP contribution < -0.4 is 0 Å². The predicted octanol–water partition coefficient (Wildman–Crippen LogP) is 2.87. The highest BCUT2D eigenvalue weighted by molar-refractivity contribution is 6.17. The molecule has 0 aromatic heterocycles. The Labute approximate surface area is 114 Å². The van der Waals surface area contributed by atoms with Gasteiger partial charge in [-0.25, -0.2) is 0 Å². The molecule has 0 aliphatic carbocycles. The quantitative estimate of drug-likeness (QED) is 0.573. The van der Waals surface area contributed by atoms with Crippen LogP contribution in [0.1, 0.15) is 47.0 Å². The van der Waals surface area contributed by atoms with Gasteiger partial charge in [-0.3, -0.25) is 4.79 Å². The second kappa shape index (κ2) is 6.73. The molecule has 0 spiro atoms. The molecule has 0 aromatic rings. The standard InChI is InChI=1S/C13H23ClO4/c1-9(2)16-12(15)8-11-7-10(5-6-14)17-13(3,4)18-11/h9-11H,5-8H2,1-4H3. The fraction of sp³-hybridized carbons (Fsp3) is 0.923. The van der Waals surface area contributed by atoms with Crippen molar-refractivity contribution in [3.8, 4) is 0 Å². The molecular weight excluding hydrogens is 256 g/mol. The summed E-state index contributed by atoms with van der Waals surface area (Å²) in [6.45, 7) is 7.38. The number of alkyl halides is 1. The van der Waals surface area contributed by atoms with Crippen LogP contribution in [0.25, 0.3) is 0 Å². The number of carbonyl (C=O) groups is 1. The van der Waals surface area contributed by atoms with E-state index in [1.807, 2.05) is 27.7 Å². The second-order valence-electron chi connectivity index (χ2n) is 5.34. The molecule has 0 aromatic carbocycles. The molecule has 106 valence electrons. The van der Waals surface area contributed by atoms with Crippen molar-refractivity contribution in [3.63, 3.8) is 0 Å².